The third kappa shape index (κ3) is 2.69. The number of amides is 1. The molecule has 0 aliphatic carbocycles. The van der Waals surface area contributed by atoms with E-state index in [0.717, 1.165) is 0 Å². The minimum atomic E-state index is -0.957. The zero-order valence-electron chi connectivity index (χ0n) is 8.59. The first kappa shape index (κ1) is 11.0. The van der Waals surface area contributed by atoms with Gasteiger partial charge in [-0.25, -0.2) is 4.39 Å². The molecule has 0 N–H and O–H groups in total. The van der Waals surface area contributed by atoms with Gasteiger partial charge in [0.1, 0.15) is 12.6 Å². The third-order valence-electron chi connectivity index (χ3n) is 2.39. The zero-order valence-corrected chi connectivity index (χ0v) is 8.59. The highest BCUT2D eigenvalue weighted by Gasteiger charge is 2.34. The van der Waals surface area contributed by atoms with Gasteiger partial charge in [-0.3, -0.25) is 4.79 Å². The van der Waals surface area contributed by atoms with Gasteiger partial charge in [-0.05, 0) is 11.8 Å². The maximum atomic E-state index is 13.3. The van der Waals surface area contributed by atoms with E-state index in [1.165, 1.54) is 4.90 Å². The molecule has 1 saturated heterocycles. The second kappa shape index (κ2) is 3.95. The summed E-state index contributed by atoms with van der Waals surface area (Å²) in [6.45, 7) is 4.56. The predicted molar refractivity (Wildman–Crippen MR) is 50.1 cm³/mol. The van der Waals surface area contributed by atoms with E-state index in [2.05, 4.69) is 0 Å². The molecular weight excluding hydrogens is 183 g/mol. The lowest BCUT2D eigenvalue weighted by Crippen LogP contribution is -2.48. The molecule has 0 aromatic rings. The largest absolute Gasteiger partial charge is 0.338 e. The number of halogens is 1. The van der Waals surface area contributed by atoms with E-state index >= 15 is 0 Å². The predicted octanol–water partition coefficient (Wildman–Crippen LogP) is 1.50. The summed E-state index contributed by atoms with van der Waals surface area (Å²) in [6.07, 6.45) is -0.618. The van der Waals surface area contributed by atoms with Crippen LogP contribution in [-0.4, -0.2) is 30.1 Å². The number of alkyl halides is 1. The first-order valence-corrected chi connectivity index (χ1v) is 4.73. The van der Waals surface area contributed by atoms with Crippen molar-refractivity contribution in [1.29, 1.82) is 5.26 Å². The van der Waals surface area contributed by atoms with Gasteiger partial charge in [0.2, 0.25) is 5.91 Å². The molecule has 0 saturated carbocycles. The summed E-state index contributed by atoms with van der Waals surface area (Å²) in [4.78, 5) is 12.8. The van der Waals surface area contributed by atoms with E-state index in [0.29, 0.717) is 13.0 Å². The fraction of sp³-hybridized carbons (Fsp3) is 0.800. The highest BCUT2D eigenvalue weighted by atomic mass is 19.1. The molecular formula is C10H15FN2O. The topological polar surface area (TPSA) is 44.1 Å². The first-order chi connectivity index (χ1) is 6.44. The Morgan fingerprint density at radius 3 is 2.86 bits per heavy atom. The standard InChI is InChI=1S/C10H15FN2O/c1-10(2)5-8(11)6-13(7-10)9(14)3-4-12/h8H,3,5-7H2,1-2H3/t8-/m1/s1. The highest BCUT2D eigenvalue weighted by Crippen LogP contribution is 2.30. The number of hydrogen-bond acceptors (Lipinski definition) is 2. The highest BCUT2D eigenvalue weighted by molar-refractivity contribution is 5.78. The summed E-state index contributed by atoms with van der Waals surface area (Å²) in [7, 11) is 0. The van der Waals surface area contributed by atoms with Crippen LogP contribution in [0.2, 0.25) is 0 Å². The van der Waals surface area contributed by atoms with Crippen LogP contribution in [0.15, 0.2) is 0 Å². The molecule has 1 amide bonds. The molecule has 1 heterocycles. The Kier molecular flexibility index (Phi) is 3.10. The van der Waals surface area contributed by atoms with Gasteiger partial charge in [-0.2, -0.15) is 5.26 Å². The van der Waals surface area contributed by atoms with Crippen molar-refractivity contribution in [3.05, 3.63) is 0 Å². The minimum Gasteiger partial charge on any atom is -0.338 e. The molecule has 1 rings (SSSR count). The van der Waals surface area contributed by atoms with Gasteiger partial charge in [0, 0.05) is 6.54 Å². The lowest BCUT2D eigenvalue weighted by atomic mass is 9.83. The zero-order chi connectivity index (χ0) is 10.8. The molecule has 0 radical (unpaired) electrons. The van der Waals surface area contributed by atoms with Gasteiger partial charge in [-0.1, -0.05) is 13.8 Å². The number of nitrogens with zero attached hydrogens (tertiary/aromatic N) is 2. The number of carbonyl (C=O) groups is 1. The normalized spacial score (nSPS) is 25.6. The molecule has 0 aromatic heterocycles. The SMILES string of the molecule is CC1(C)C[C@@H](F)CN(C(=O)CC#N)C1. The van der Waals surface area contributed by atoms with Crippen LogP contribution in [0.3, 0.4) is 0 Å². The summed E-state index contributed by atoms with van der Waals surface area (Å²) in [5.74, 6) is -0.261. The van der Waals surface area contributed by atoms with E-state index in [1.54, 1.807) is 6.07 Å². The Hall–Kier alpha value is -1.11. The van der Waals surface area contributed by atoms with Crippen LogP contribution in [0.4, 0.5) is 4.39 Å². The van der Waals surface area contributed by atoms with Gasteiger partial charge >= 0.3 is 0 Å². The van der Waals surface area contributed by atoms with Crippen molar-refractivity contribution in [2.24, 2.45) is 5.41 Å². The van der Waals surface area contributed by atoms with E-state index in [4.69, 9.17) is 5.26 Å². The van der Waals surface area contributed by atoms with Crippen LogP contribution in [0.5, 0.6) is 0 Å². The Morgan fingerprint density at radius 2 is 2.36 bits per heavy atom. The van der Waals surface area contributed by atoms with E-state index in [-0.39, 0.29) is 24.3 Å². The molecule has 1 fully saturated rings. The van der Waals surface area contributed by atoms with Gasteiger partial charge in [0.05, 0.1) is 12.6 Å². The Bertz CT molecular complexity index is 270. The van der Waals surface area contributed by atoms with Crippen molar-refractivity contribution in [2.75, 3.05) is 13.1 Å². The molecule has 4 heteroatoms. The molecule has 1 aliphatic rings. The minimum absolute atomic E-state index is 0.143. The third-order valence-corrected chi connectivity index (χ3v) is 2.39. The lowest BCUT2D eigenvalue weighted by molar-refractivity contribution is -0.135. The quantitative estimate of drug-likeness (QED) is 0.640. The second-order valence-corrected chi connectivity index (χ2v) is 4.57. The number of likely N-dealkylation sites (tertiary alicyclic amines) is 1. The smallest absolute Gasteiger partial charge is 0.236 e. The van der Waals surface area contributed by atoms with Crippen LogP contribution in [0, 0.1) is 16.7 Å². The van der Waals surface area contributed by atoms with Crippen molar-refractivity contribution in [2.45, 2.75) is 32.9 Å². The molecule has 78 valence electrons. The number of carbonyl (C=O) groups excluding carboxylic acids is 1. The molecule has 14 heavy (non-hydrogen) atoms. The van der Waals surface area contributed by atoms with E-state index in [9.17, 15) is 9.18 Å². The second-order valence-electron chi connectivity index (χ2n) is 4.57. The summed E-state index contributed by atoms with van der Waals surface area (Å²) in [5, 5.41) is 8.37. The lowest BCUT2D eigenvalue weighted by Gasteiger charge is -2.39. The average molecular weight is 198 g/mol. The molecule has 1 atom stereocenters. The van der Waals surface area contributed by atoms with Crippen LogP contribution < -0.4 is 0 Å². The van der Waals surface area contributed by atoms with Gasteiger partial charge in [0.15, 0.2) is 0 Å². The van der Waals surface area contributed by atoms with Gasteiger partial charge in [-0.15, -0.1) is 0 Å². The van der Waals surface area contributed by atoms with Crippen LogP contribution in [0.25, 0.3) is 0 Å². The molecule has 0 aromatic carbocycles. The number of nitriles is 1. The average Bonchev–Trinajstić information content (AvgIpc) is 2.00. The Labute approximate surface area is 83.5 Å². The number of rotatable bonds is 1. The van der Waals surface area contributed by atoms with Crippen LogP contribution >= 0.6 is 0 Å². The molecule has 0 bridgehead atoms. The van der Waals surface area contributed by atoms with Gasteiger partial charge in [0.25, 0.3) is 0 Å². The van der Waals surface area contributed by atoms with E-state index < -0.39 is 6.17 Å². The molecule has 0 spiro atoms. The van der Waals surface area contributed by atoms with Crippen LogP contribution in [-0.2, 0) is 4.79 Å². The van der Waals surface area contributed by atoms with Crippen molar-refractivity contribution in [3.8, 4) is 6.07 Å². The summed E-state index contributed by atoms with van der Waals surface area (Å²) < 4.78 is 13.3. The molecule has 1 aliphatic heterocycles. The first-order valence-electron chi connectivity index (χ1n) is 4.73. The maximum absolute atomic E-state index is 13.3. The summed E-state index contributed by atoms with van der Waals surface area (Å²) >= 11 is 0. The Morgan fingerprint density at radius 1 is 1.71 bits per heavy atom. The molecule has 3 nitrogen and oxygen atoms in total. The van der Waals surface area contributed by atoms with Crippen molar-refractivity contribution in [3.63, 3.8) is 0 Å². The molecule has 0 unspecified atom stereocenters. The monoisotopic (exact) mass is 198 g/mol. The van der Waals surface area contributed by atoms with Crippen molar-refractivity contribution < 1.29 is 9.18 Å². The fourth-order valence-corrected chi connectivity index (χ4v) is 1.92. The Balaban J connectivity index is 2.63. The fourth-order valence-electron chi connectivity index (χ4n) is 1.92. The van der Waals surface area contributed by atoms with Gasteiger partial charge < -0.3 is 4.90 Å². The van der Waals surface area contributed by atoms with E-state index in [1.807, 2.05) is 13.8 Å². The number of piperidine rings is 1. The van der Waals surface area contributed by atoms with Crippen LogP contribution in [0.1, 0.15) is 26.7 Å². The van der Waals surface area contributed by atoms with Crippen molar-refractivity contribution in [1.82, 2.24) is 4.90 Å². The summed E-state index contributed by atoms with van der Waals surface area (Å²) in [5.41, 5.74) is -0.178. The maximum Gasteiger partial charge on any atom is 0.236 e. The summed E-state index contributed by atoms with van der Waals surface area (Å²) in [6, 6.07) is 1.79. The number of hydrogen-bond donors (Lipinski definition) is 0. The van der Waals surface area contributed by atoms with Crippen molar-refractivity contribution >= 4 is 5.91 Å².